The first-order valence-electron chi connectivity index (χ1n) is 8.92. The number of ether oxygens (including phenoxy) is 1. The summed E-state index contributed by atoms with van der Waals surface area (Å²) in [6.45, 7) is 1.74. The number of nitrogens with one attached hydrogen (secondary N) is 1. The molecule has 0 fully saturated rings. The molecule has 1 N–H and O–H groups in total. The van der Waals surface area contributed by atoms with Crippen molar-refractivity contribution in [3.63, 3.8) is 0 Å². The Hall–Kier alpha value is -3.23. The monoisotopic (exact) mass is 440 g/mol. The molecule has 0 radical (unpaired) electrons. The summed E-state index contributed by atoms with van der Waals surface area (Å²) >= 11 is 7.51. The molecule has 0 unspecified atom stereocenters. The van der Waals surface area contributed by atoms with Gasteiger partial charge in [0, 0.05) is 28.4 Å². The van der Waals surface area contributed by atoms with Crippen LogP contribution in [0.3, 0.4) is 0 Å². The van der Waals surface area contributed by atoms with Crippen LogP contribution in [-0.2, 0) is 9.53 Å². The molecule has 9 heteroatoms. The lowest BCUT2D eigenvalue weighted by Gasteiger charge is -2.08. The number of halogens is 1. The number of carbonyl (C=O) groups is 2. The van der Waals surface area contributed by atoms with E-state index in [0.29, 0.717) is 5.69 Å². The van der Waals surface area contributed by atoms with Crippen LogP contribution in [-0.4, -0.2) is 34.0 Å². The molecule has 2 aromatic heterocycles. The van der Waals surface area contributed by atoms with Crippen molar-refractivity contribution in [2.75, 3.05) is 12.0 Å². The molecule has 1 aromatic carbocycles. The van der Waals surface area contributed by atoms with Crippen molar-refractivity contribution in [1.29, 1.82) is 0 Å². The Morgan fingerprint density at radius 2 is 1.93 bits per heavy atom. The van der Waals surface area contributed by atoms with E-state index in [-0.39, 0.29) is 17.3 Å². The van der Waals surface area contributed by atoms with Gasteiger partial charge < -0.3 is 4.74 Å². The molecule has 0 spiro atoms. The highest BCUT2D eigenvalue weighted by molar-refractivity contribution is 7.99. The molecular formula is C21H17ClN4O3S. The summed E-state index contributed by atoms with van der Waals surface area (Å²) in [6.07, 6.45) is 4.92. The summed E-state index contributed by atoms with van der Waals surface area (Å²) in [5.74, 6) is -1.53. The average Bonchev–Trinajstić information content (AvgIpc) is 2.75. The summed E-state index contributed by atoms with van der Waals surface area (Å²) in [6, 6.07) is 14.2. The van der Waals surface area contributed by atoms with Crippen LogP contribution in [0.2, 0.25) is 5.15 Å². The van der Waals surface area contributed by atoms with Crippen LogP contribution >= 0.6 is 23.4 Å². The Bertz CT molecular complexity index is 1080. The highest BCUT2D eigenvalue weighted by atomic mass is 35.5. The van der Waals surface area contributed by atoms with Crippen molar-refractivity contribution in [3.8, 4) is 0 Å². The molecule has 3 rings (SSSR count). The summed E-state index contributed by atoms with van der Waals surface area (Å²) < 4.78 is 4.97. The Balaban J connectivity index is 1.84. The van der Waals surface area contributed by atoms with Crippen molar-refractivity contribution < 1.29 is 14.3 Å². The standard InChI is InChI=1S/C21H17ClN4O3S/c1-2-29-21(28)18(19(27)17-9-5-11-24-20(17)22)26-25-14-6-3-7-15(12-14)30-16-8-4-10-23-13-16/h3-13,25H,2H2,1H3/b26-18-. The number of benzene rings is 1. The van der Waals surface area contributed by atoms with E-state index in [1.807, 2.05) is 30.3 Å². The number of nitrogens with zero attached hydrogens (tertiary/aromatic N) is 3. The van der Waals surface area contributed by atoms with E-state index in [1.54, 1.807) is 31.5 Å². The van der Waals surface area contributed by atoms with Gasteiger partial charge in [-0.15, -0.1) is 0 Å². The van der Waals surface area contributed by atoms with Crippen molar-refractivity contribution >= 4 is 46.5 Å². The molecule has 2 heterocycles. The van der Waals surface area contributed by atoms with E-state index >= 15 is 0 Å². The number of aromatic nitrogens is 2. The fourth-order valence-electron chi connectivity index (χ4n) is 2.36. The van der Waals surface area contributed by atoms with Gasteiger partial charge in [-0.2, -0.15) is 5.10 Å². The predicted molar refractivity (Wildman–Crippen MR) is 116 cm³/mol. The molecule has 30 heavy (non-hydrogen) atoms. The number of hydrogen-bond acceptors (Lipinski definition) is 8. The van der Waals surface area contributed by atoms with Gasteiger partial charge in [0.05, 0.1) is 17.9 Å². The molecule has 0 bridgehead atoms. The zero-order chi connectivity index (χ0) is 21.3. The molecule has 3 aromatic rings. The summed E-state index contributed by atoms with van der Waals surface area (Å²) in [5, 5.41) is 3.99. The van der Waals surface area contributed by atoms with Crippen molar-refractivity contribution in [1.82, 2.24) is 9.97 Å². The minimum Gasteiger partial charge on any atom is -0.461 e. The maximum Gasteiger partial charge on any atom is 0.362 e. The topological polar surface area (TPSA) is 93.5 Å². The minimum absolute atomic E-state index is 0.0191. The second kappa shape index (κ2) is 10.5. The third-order valence-corrected chi connectivity index (χ3v) is 4.96. The van der Waals surface area contributed by atoms with Gasteiger partial charge in [0.15, 0.2) is 0 Å². The quantitative estimate of drug-likeness (QED) is 0.138. The first kappa shape index (κ1) is 21.5. The molecule has 0 aliphatic heterocycles. The van der Waals surface area contributed by atoms with Gasteiger partial charge in [-0.3, -0.25) is 15.2 Å². The van der Waals surface area contributed by atoms with Crippen LogP contribution < -0.4 is 5.43 Å². The lowest BCUT2D eigenvalue weighted by molar-refractivity contribution is -0.134. The van der Waals surface area contributed by atoms with Gasteiger partial charge in [-0.05, 0) is 49.4 Å². The van der Waals surface area contributed by atoms with Gasteiger partial charge in [0.25, 0.3) is 0 Å². The summed E-state index contributed by atoms with van der Waals surface area (Å²) in [7, 11) is 0. The number of anilines is 1. The van der Waals surface area contributed by atoms with Crippen LogP contribution in [0, 0.1) is 0 Å². The van der Waals surface area contributed by atoms with Crippen molar-refractivity contribution in [2.24, 2.45) is 5.10 Å². The fraction of sp³-hybridized carbons (Fsp3) is 0.0952. The number of hydrazone groups is 1. The van der Waals surface area contributed by atoms with Gasteiger partial charge in [0.2, 0.25) is 11.5 Å². The minimum atomic E-state index is -0.851. The normalized spacial score (nSPS) is 11.1. The zero-order valence-electron chi connectivity index (χ0n) is 15.9. The molecule has 0 aliphatic rings. The molecule has 0 aliphatic carbocycles. The molecule has 0 saturated carbocycles. The second-order valence-electron chi connectivity index (χ2n) is 5.78. The molecule has 152 valence electrons. The van der Waals surface area contributed by atoms with E-state index in [2.05, 4.69) is 20.5 Å². The SMILES string of the molecule is CCOC(=O)/C(=N\Nc1cccc(Sc2cccnc2)c1)C(=O)c1cccnc1Cl. The van der Waals surface area contributed by atoms with E-state index in [1.165, 1.54) is 24.0 Å². The lowest BCUT2D eigenvalue weighted by atomic mass is 10.1. The molecular weight excluding hydrogens is 424 g/mol. The number of pyridine rings is 2. The number of Topliss-reactive ketones (excluding diaryl/α,β-unsaturated/α-hetero) is 1. The zero-order valence-corrected chi connectivity index (χ0v) is 17.5. The molecule has 0 amide bonds. The number of ketones is 1. The molecule has 0 atom stereocenters. The Labute approximate surface area is 182 Å². The number of hydrogen-bond donors (Lipinski definition) is 1. The highest BCUT2D eigenvalue weighted by Crippen LogP contribution is 2.28. The van der Waals surface area contributed by atoms with Gasteiger partial charge >= 0.3 is 5.97 Å². The Kier molecular flexibility index (Phi) is 7.53. The maximum atomic E-state index is 12.8. The third-order valence-electron chi connectivity index (χ3n) is 3.69. The van der Waals surface area contributed by atoms with Gasteiger partial charge in [-0.1, -0.05) is 29.4 Å². The Morgan fingerprint density at radius 3 is 2.67 bits per heavy atom. The van der Waals surface area contributed by atoms with Crippen LogP contribution in [0.5, 0.6) is 0 Å². The smallest absolute Gasteiger partial charge is 0.362 e. The first-order chi connectivity index (χ1) is 14.6. The maximum absolute atomic E-state index is 12.8. The van der Waals surface area contributed by atoms with E-state index in [9.17, 15) is 9.59 Å². The van der Waals surface area contributed by atoms with E-state index in [4.69, 9.17) is 16.3 Å². The fourth-order valence-corrected chi connectivity index (χ4v) is 3.43. The highest BCUT2D eigenvalue weighted by Gasteiger charge is 2.25. The summed E-state index contributed by atoms with van der Waals surface area (Å²) in [5.41, 5.74) is 2.99. The largest absolute Gasteiger partial charge is 0.461 e. The summed E-state index contributed by atoms with van der Waals surface area (Å²) in [4.78, 5) is 35.0. The van der Waals surface area contributed by atoms with Crippen molar-refractivity contribution in [2.45, 2.75) is 16.7 Å². The Morgan fingerprint density at radius 1 is 1.13 bits per heavy atom. The van der Waals surface area contributed by atoms with Gasteiger partial charge in [0.1, 0.15) is 5.15 Å². The first-order valence-corrected chi connectivity index (χ1v) is 10.1. The number of esters is 1. The van der Waals surface area contributed by atoms with Crippen LogP contribution in [0.4, 0.5) is 5.69 Å². The number of rotatable bonds is 8. The van der Waals surface area contributed by atoms with Gasteiger partial charge in [-0.25, -0.2) is 9.78 Å². The average molecular weight is 441 g/mol. The van der Waals surface area contributed by atoms with E-state index < -0.39 is 17.5 Å². The number of carbonyl (C=O) groups excluding carboxylic acids is 2. The van der Waals surface area contributed by atoms with Crippen LogP contribution in [0.15, 0.2) is 82.0 Å². The third kappa shape index (κ3) is 5.65. The van der Waals surface area contributed by atoms with Crippen LogP contribution in [0.1, 0.15) is 17.3 Å². The van der Waals surface area contributed by atoms with E-state index in [0.717, 1.165) is 9.79 Å². The predicted octanol–water partition coefficient (Wildman–Crippen LogP) is 4.50. The second-order valence-corrected chi connectivity index (χ2v) is 7.29. The van der Waals surface area contributed by atoms with Crippen molar-refractivity contribution in [3.05, 3.63) is 77.8 Å². The molecule has 0 saturated heterocycles. The lowest BCUT2D eigenvalue weighted by Crippen LogP contribution is -2.28. The molecule has 7 nitrogen and oxygen atoms in total. The van der Waals surface area contributed by atoms with Crippen LogP contribution in [0.25, 0.3) is 0 Å².